The summed E-state index contributed by atoms with van der Waals surface area (Å²) in [6.07, 6.45) is 0.921. The summed E-state index contributed by atoms with van der Waals surface area (Å²) in [7, 11) is 0. The largest absolute Gasteiger partial charge is 0.293 e. The second-order valence-electron chi connectivity index (χ2n) is 5.25. The van der Waals surface area contributed by atoms with Crippen LogP contribution in [0.15, 0.2) is 6.07 Å². The Kier molecular flexibility index (Phi) is 4.60. The second kappa shape index (κ2) is 6.06. The van der Waals surface area contributed by atoms with Crippen LogP contribution in [-0.2, 0) is 6.42 Å². The van der Waals surface area contributed by atoms with Gasteiger partial charge in [-0.05, 0) is 25.8 Å². The molecule has 2 rings (SSSR count). The van der Waals surface area contributed by atoms with Crippen molar-refractivity contribution in [3.63, 3.8) is 0 Å². The van der Waals surface area contributed by atoms with Crippen molar-refractivity contribution in [2.24, 2.45) is 5.92 Å². The molecule has 20 heavy (non-hydrogen) atoms. The van der Waals surface area contributed by atoms with Crippen molar-refractivity contribution in [1.29, 1.82) is 0 Å². The van der Waals surface area contributed by atoms with Crippen molar-refractivity contribution in [2.75, 3.05) is 5.88 Å². The molecule has 4 nitrogen and oxygen atoms in total. The predicted molar refractivity (Wildman–Crippen MR) is 82.3 cm³/mol. The SMILES string of the molecule is Cc1cc(C(=O)CCl)c(C)n1-c1nnc(CC(C)C)s1. The summed E-state index contributed by atoms with van der Waals surface area (Å²) in [5, 5.41) is 10.3. The van der Waals surface area contributed by atoms with Crippen LogP contribution in [0.25, 0.3) is 5.13 Å². The Morgan fingerprint density at radius 1 is 1.40 bits per heavy atom. The maximum absolute atomic E-state index is 11.8. The molecular formula is C14H18ClN3OS. The first-order valence-electron chi connectivity index (χ1n) is 6.55. The van der Waals surface area contributed by atoms with Crippen molar-refractivity contribution >= 4 is 28.7 Å². The number of hydrogen-bond acceptors (Lipinski definition) is 4. The summed E-state index contributed by atoms with van der Waals surface area (Å²) >= 11 is 7.22. The fraction of sp³-hybridized carbons (Fsp3) is 0.500. The monoisotopic (exact) mass is 311 g/mol. The van der Waals surface area contributed by atoms with E-state index >= 15 is 0 Å². The third-order valence-corrected chi connectivity index (χ3v) is 4.26. The Balaban J connectivity index is 2.40. The van der Waals surface area contributed by atoms with Crippen molar-refractivity contribution in [3.05, 3.63) is 28.0 Å². The van der Waals surface area contributed by atoms with Gasteiger partial charge in [0.2, 0.25) is 5.13 Å². The molecule has 0 saturated carbocycles. The molecule has 0 aliphatic rings. The number of hydrogen-bond donors (Lipinski definition) is 0. The number of nitrogens with zero attached hydrogens (tertiary/aromatic N) is 3. The van der Waals surface area contributed by atoms with E-state index in [-0.39, 0.29) is 11.7 Å². The number of aromatic nitrogens is 3. The Bertz CT molecular complexity index is 630. The zero-order chi connectivity index (χ0) is 14.9. The fourth-order valence-corrected chi connectivity index (χ4v) is 3.49. The van der Waals surface area contributed by atoms with Crippen LogP contribution in [0.2, 0.25) is 0 Å². The van der Waals surface area contributed by atoms with E-state index in [1.54, 1.807) is 11.3 Å². The highest BCUT2D eigenvalue weighted by Gasteiger charge is 2.18. The van der Waals surface area contributed by atoms with Crippen LogP contribution in [-0.4, -0.2) is 26.4 Å². The van der Waals surface area contributed by atoms with E-state index in [0.29, 0.717) is 11.5 Å². The molecule has 2 heterocycles. The molecule has 0 fully saturated rings. The highest BCUT2D eigenvalue weighted by Crippen LogP contribution is 2.24. The molecule has 0 spiro atoms. The van der Waals surface area contributed by atoms with Crippen LogP contribution in [0.5, 0.6) is 0 Å². The van der Waals surface area contributed by atoms with Crippen LogP contribution < -0.4 is 0 Å². The van der Waals surface area contributed by atoms with E-state index < -0.39 is 0 Å². The molecule has 2 aromatic heterocycles. The van der Waals surface area contributed by atoms with Crippen LogP contribution in [0, 0.1) is 19.8 Å². The van der Waals surface area contributed by atoms with E-state index in [1.165, 1.54) is 0 Å². The van der Waals surface area contributed by atoms with Crippen LogP contribution in [0.4, 0.5) is 0 Å². The number of halogens is 1. The number of ketones is 1. The lowest BCUT2D eigenvalue weighted by atomic mass is 10.1. The average molecular weight is 312 g/mol. The summed E-state index contributed by atoms with van der Waals surface area (Å²) in [5.74, 6) is 0.493. The van der Waals surface area contributed by atoms with Gasteiger partial charge in [-0.1, -0.05) is 25.2 Å². The lowest BCUT2D eigenvalue weighted by Crippen LogP contribution is -2.04. The Morgan fingerprint density at radius 2 is 2.10 bits per heavy atom. The lowest BCUT2D eigenvalue weighted by molar-refractivity contribution is 0.102. The van der Waals surface area contributed by atoms with Crippen molar-refractivity contribution < 1.29 is 4.79 Å². The minimum absolute atomic E-state index is 0.000980. The Labute approximate surface area is 127 Å². The Hall–Kier alpha value is -1.20. The quantitative estimate of drug-likeness (QED) is 0.626. The minimum Gasteiger partial charge on any atom is -0.293 e. The first-order chi connectivity index (χ1) is 9.43. The lowest BCUT2D eigenvalue weighted by Gasteiger charge is -2.04. The normalized spacial score (nSPS) is 11.3. The van der Waals surface area contributed by atoms with E-state index in [2.05, 4.69) is 24.0 Å². The average Bonchev–Trinajstić information content (AvgIpc) is 2.92. The third kappa shape index (κ3) is 2.94. The smallest absolute Gasteiger partial charge is 0.216 e. The van der Waals surface area contributed by atoms with Gasteiger partial charge < -0.3 is 0 Å². The van der Waals surface area contributed by atoms with E-state index in [0.717, 1.165) is 27.9 Å². The summed E-state index contributed by atoms with van der Waals surface area (Å²) in [6, 6.07) is 1.86. The third-order valence-electron chi connectivity index (χ3n) is 3.08. The maximum Gasteiger partial charge on any atom is 0.216 e. The van der Waals surface area contributed by atoms with E-state index in [9.17, 15) is 4.79 Å². The number of carbonyl (C=O) groups excluding carboxylic acids is 1. The Morgan fingerprint density at radius 3 is 2.70 bits per heavy atom. The summed E-state index contributed by atoms with van der Waals surface area (Å²) in [4.78, 5) is 11.8. The van der Waals surface area contributed by atoms with Gasteiger partial charge in [-0.15, -0.1) is 21.8 Å². The van der Waals surface area contributed by atoms with Gasteiger partial charge >= 0.3 is 0 Å². The first kappa shape index (κ1) is 15.2. The molecule has 0 radical (unpaired) electrons. The van der Waals surface area contributed by atoms with Crippen LogP contribution >= 0.6 is 22.9 Å². The summed E-state index contributed by atoms with van der Waals surface area (Å²) in [5.41, 5.74) is 2.52. The first-order valence-corrected chi connectivity index (χ1v) is 7.90. The molecule has 108 valence electrons. The van der Waals surface area contributed by atoms with Crippen molar-refractivity contribution in [2.45, 2.75) is 34.1 Å². The van der Waals surface area contributed by atoms with Gasteiger partial charge in [0.05, 0.1) is 5.88 Å². The summed E-state index contributed by atoms with van der Waals surface area (Å²) in [6.45, 7) is 8.19. The van der Waals surface area contributed by atoms with Gasteiger partial charge in [-0.25, -0.2) is 0 Å². The molecule has 0 saturated heterocycles. The molecule has 0 atom stereocenters. The van der Waals surface area contributed by atoms with Crippen molar-refractivity contribution in [1.82, 2.24) is 14.8 Å². The molecule has 0 aliphatic heterocycles. The minimum atomic E-state index is -0.0575. The summed E-state index contributed by atoms with van der Waals surface area (Å²) < 4.78 is 1.97. The maximum atomic E-state index is 11.8. The van der Waals surface area contributed by atoms with Gasteiger partial charge in [0.25, 0.3) is 0 Å². The van der Waals surface area contributed by atoms with Crippen molar-refractivity contribution in [3.8, 4) is 5.13 Å². The second-order valence-corrected chi connectivity index (χ2v) is 6.56. The van der Waals surface area contributed by atoms with Gasteiger partial charge in [0.1, 0.15) is 5.01 Å². The number of alkyl halides is 1. The van der Waals surface area contributed by atoms with Gasteiger partial charge in [-0.2, -0.15) is 0 Å². The predicted octanol–water partition coefficient (Wildman–Crippen LogP) is 3.57. The molecule has 0 unspecified atom stereocenters. The van der Waals surface area contributed by atoms with E-state index in [4.69, 9.17) is 11.6 Å². The number of aryl methyl sites for hydroxylation is 1. The van der Waals surface area contributed by atoms with Gasteiger partial charge in [0.15, 0.2) is 5.78 Å². The van der Waals surface area contributed by atoms with Crippen LogP contribution in [0.1, 0.15) is 40.6 Å². The standard InChI is InChI=1S/C14H18ClN3OS/c1-8(2)5-13-16-17-14(20-13)18-9(3)6-11(10(18)4)12(19)7-15/h6,8H,5,7H2,1-4H3. The number of carbonyl (C=O) groups is 1. The number of rotatable bonds is 5. The van der Waals surface area contributed by atoms with Gasteiger partial charge in [-0.3, -0.25) is 9.36 Å². The van der Waals surface area contributed by atoms with Crippen LogP contribution in [0.3, 0.4) is 0 Å². The molecular weight excluding hydrogens is 294 g/mol. The molecule has 6 heteroatoms. The highest BCUT2D eigenvalue weighted by molar-refractivity contribution is 7.13. The molecule has 2 aromatic rings. The molecule has 0 aliphatic carbocycles. The topological polar surface area (TPSA) is 47.8 Å². The molecule has 0 aromatic carbocycles. The zero-order valence-corrected chi connectivity index (χ0v) is 13.7. The fourth-order valence-electron chi connectivity index (χ4n) is 2.18. The molecule has 0 bridgehead atoms. The van der Waals surface area contributed by atoms with E-state index in [1.807, 2.05) is 24.5 Å². The van der Waals surface area contributed by atoms with Gasteiger partial charge in [0, 0.05) is 23.4 Å². The number of Topliss-reactive ketones (excluding diaryl/α,β-unsaturated/α-hetero) is 1. The highest BCUT2D eigenvalue weighted by atomic mass is 35.5. The molecule has 0 amide bonds. The molecule has 0 N–H and O–H groups in total. The zero-order valence-electron chi connectivity index (χ0n) is 12.1.